The van der Waals surface area contributed by atoms with Crippen molar-refractivity contribution in [1.82, 2.24) is 14.9 Å². The fourth-order valence-electron chi connectivity index (χ4n) is 3.34. The Morgan fingerprint density at radius 3 is 2.83 bits per heavy atom. The summed E-state index contributed by atoms with van der Waals surface area (Å²) in [6.45, 7) is 5.01. The molecule has 2 aliphatic heterocycles. The minimum Gasteiger partial charge on any atom is -0.480 e. The van der Waals surface area contributed by atoms with Gasteiger partial charge < -0.3 is 19.5 Å². The van der Waals surface area contributed by atoms with Crippen molar-refractivity contribution in [1.29, 1.82) is 0 Å². The molecule has 1 N–H and O–H groups in total. The Balaban J connectivity index is 1.39. The van der Waals surface area contributed by atoms with E-state index in [2.05, 4.69) is 14.9 Å². The molecule has 3 heterocycles. The third-order valence-electron chi connectivity index (χ3n) is 4.61. The summed E-state index contributed by atoms with van der Waals surface area (Å²) in [5, 5.41) is 0. The number of anilines is 1. The molecule has 23 heavy (non-hydrogen) atoms. The predicted octanol–water partition coefficient (Wildman–Crippen LogP) is 1.37. The number of rotatable bonds is 2. The lowest BCUT2D eigenvalue weighted by atomic mass is 10.1. The highest BCUT2D eigenvalue weighted by atomic mass is 16.5. The highest BCUT2D eigenvalue weighted by molar-refractivity contribution is 5.83. The van der Waals surface area contributed by atoms with Crippen LogP contribution < -0.4 is 9.64 Å². The number of amides is 1. The summed E-state index contributed by atoms with van der Waals surface area (Å²) in [4.78, 5) is 24.2. The summed E-state index contributed by atoms with van der Waals surface area (Å²) in [7, 11) is 0. The van der Waals surface area contributed by atoms with Crippen LogP contribution in [-0.4, -0.2) is 53.1 Å². The first-order valence-corrected chi connectivity index (χ1v) is 8.00. The van der Waals surface area contributed by atoms with Crippen LogP contribution in [0.3, 0.4) is 0 Å². The van der Waals surface area contributed by atoms with Crippen molar-refractivity contribution in [2.45, 2.75) is 19.4 Å². The van der Waals surface area contributed by atoms with Gasteiger partial charge in [0.1, 0.15) is 5.75 Å². The molecular weight excluding hydrogens is 292 g/mol. The van der Waals surface area contributed by atoms with Crippen LogP contribution in [-0.2, 0) is 11.2 Å². The number of aryl methyl sites for hydroxylation is 1. The number of benzene rings is 1. The monoisotopic (exact) mass is 312 g/mol. The fraction of sp³-hybridized carbons (Fsp3) is 0.412. The number of nitrogens with one attached hydrogen (secondary N) is 1. The number of imidazole rings is 1. The second-order valence-electron chi connectivity index (χ2n) is 6.10. The van der Waals surface area contributed by atoms with E-state index in [0.29, 0.717) is 19.5 Å². The third-order valence-corrected chi connectivity index (χ3v) is 4.61. The maximum Gasteiger partial charge on any atom is 0.264 e. The van der Waals surface area contributed by atoms with Crippen LogP contribution in [0.2, 0.25) is 0 Å². The zero-order valence-corrected chi connectivity index (χ0v) is 13.2. The van der Waals surface area contributed by atoms with E-state index in [1.165, 1.54) is 0 Å². The lowest BCUT2D eigenvalue weighted by Gasteiger charge is -2.35. The number of carbonyl (C=O) groups excluding carboxylic acids is 1. The smallest absolute Gasteiger partial charge is 0.264 e. The number of fused-ring (bicyclic) bond motifs is 1. The number of aromatic nitrogens is 2. The van der Waals surface area contributed by atoms with Gasteiger partial charge in [0.25, 0.3) is 5.91 Å². The molecule has 2 aromatic rings. The average molecular weight is 312 g/mol. The maximum absolute atomic E-state index is 12.7. The van der Waals surface area contributed by atoms with E-state index in [9.17, 15) is 4.79 Å². The van der Waals surface area contributed by atoms with E-state index >= 15 is 0 Å². The van der Waals surface area contributed by atoms with Gasteiger partial charge in [0.05, 0.1) is 0 Å². The van der Waals surface area contributed by atoms with Crippen LogP contribution >= 0.6 is 0 Å². The van der Waals surface area contributed by atoms with Crippen LogP contribution in [0.15, 0.2) is 30.6 Å². The van der Waals surface area contributed by atoms with Gasteiger partial charge in [-0.15, -0.1) is 0 Å². The van der Waals surface area contributed by atoms with Gasteiger partial charge >= 0.3 is 0 Å². The second-order valence-corrected chi connectivity index (χ2v) is 6.10. The number of nitrogens with zero attached hydrogens (tertiary/aromatic N) is 3. The number of aromatic amines is 1. The van der Waals surface area contributed by atoms with Gasteiger partial charge in [-0.1, -0.05) is 18.2 Å². The van der Waals surface area contributed by atoms with Gasteiger partial charge in [-0.05, 0) is 18.1 Å². The maximum atomic E-state index is 12.7. The van der Waals surface area contributed by atoms with Crippen molar-refractivity contribution in [3.05, 3.63) is 41.7 Å². The van der Waals surface area contributed by atoms with E-state index < -0.39 is 0 Å². The molecule has 6 nitrogen and oxygen atoms in total. The SMILES string of the molecule is Cc1cccc2c1OC(C(=O)N1CCN(c3ncc[nH]3)CC1)C2. The quantitative estimate of drug-likeness (QED) is 0.910. The highest BCUT2D eigenvalue weighted by Crippen LogP contribution is 2.32. The average Bonchev–Trinajstić information content (AvgIpc) is 3.24. The van der Waals surface area contributed by atoms with Gasteiger partial charge in [-0.2, -0.15) is 0 Å². The fourth-order valence-corrected chi connectivity index (χ4v) is 3.34. The van der Waals surface area contributed by atoms with Crippen LogP contribution in [0, 0.1) is 6.92 Å². The number of hydrogen-bond donors (Lipinski definition) is 1. The number of piperazine rings is 1. The van der Waals surface area contributed by atoms with E-state index in [-0.39, 0.29) is 12.0 Å². The van der Waals surface area contributed by atoms with Gasteiger partial charge in [0.15, 0.2) is 6.10 Å². The summed E-state index contributed by atoms with van der Waals surface area (Å²) in [5.41, 5.74) is 2.23. The number of ether oxygens (including phenoxy) is 1. The number of hydrogen-bond acceptors (Lipinski definition) is 4. The molecule has 120 valence electrons. The van der Waals surface area contributed by atoms with E-state index in [1.807, 2.05) is 36.2 Å². The Hall–Kier alpha value is -2.50. The Bertz CT molecular complexity index is 705. The molecule has 0 spiro atoms. The normalized spacial score (nSPS) is 20.3. The minimum absolute atomic E-state index is 0.0969. The zero-order valence-electron chi connectivity index (χ0n) is 13.2. The molecule has 0 aliphatic carbocycles. The molecule has 1 amide bonds. The second kappa shape index (κ2) is 5.61. The van der Waals surface area contributed by atoms with Crippen molar-refractivity contribution < 1.29 is 9.53 Å². The van der Waals surface area contributed by atoms with E-state index in [1.54, 1.807) is 6.20 Å². The molecule has 0 bridgehead atoms. The summed E-state index contributed by atoms with van der Waals surface area (Å²) >= 11 is 0. The largest absolute Gasteiger partial charge is 0.480 e. The third kappa shape index (κ3) is 2.54. The number of para-hydroxylation sites is 1. The highest BCUT2D eigenvalue weighted by Gasteiger charge is 2.34. The van der Waals surface area contributed by atoms with Crippen molar-refractivity contribution >= 4 is 11.9 Å². The molecule has 1 fully saturated rings. The molecule has 6 heteroatoms. The molecule has 1 aromatic heterocycles. The molecule has 4 rings (SSSR count). The van der Waals surface area contributed by atoms with Gasteiger partial charge in [0.2, 0.25) is 5.95 Å². The Morgan fingerprint density at radius 1 is 1.30 bits per heavy atom. The first-order valence-electron chi connectivity index (χ1n) is 8.00. The van der Waals surface area contributed by atoms with Crippen LogP contribution in [0.5, 0.6) is 5.75 Å². The van der Waals surface area contributed by atoms with Crippen LogP contribution in [0.4, 0.5) is 5.95 Å². The first-order chi connectivity index (χ1) is 11.2. The summed E-state index contributed by atoms with van der Waals surface area (Å²) in [5.74, 6) is 1.86. The topological polar surface area (TPSA) is 61.5 Å². The molecule has 2 aliphatic rings. The standard InChI is InChI=1S/C17H20N4O2/c1-12-3-2-4-13-11-14(23-15(12)13)16(22)20-7-9-21(10-8-20)17-18-5-6-19-17/h2-6,14H,7-11H2,1H3,(H,18,19). The predicted molar refractivity (Wildman–Crippen MR) is 86.7 cm³/mol. The molecular formula is C17H20N4O2. The Kier molecular flexibility index (Phi) is 3.44. The minimum atomic E-state index is -0.374. The summed E-state index contributed by atoms with van der Waals surface area (Å²) in [6.07, 6.45) is 3.87. The van der Waals surface area contributed by atoms with Crippen molar-refractivity contribution in [2.75, 3.05) is 31.1 Å². The van der Waals surface area contributed by atoms with Crippen LogP contribution in [0.25, 0.3) is 0 Å². The number of H-pyrrole nitrogens is 1. The molecule has 1 aromatic carbocycles. The summed E-state index contributed by atoms with van der Waals surface area (Å²) in [6, 6.07) is 6.09. The number of carbonyl (C=O) groups is 1. The van der Waals surface area contributed by atoms with Crippen molar-refractivity contribution in [3.8, 4) is 5.75 Å². The van der Waals surface area contributed by atoms with Crippen molar-refractivity contribution in [3.63, 3.8) is 0 Å². The van der Waals surface area contributed by atoms with Gasteiger partial charge in [-0.25, -0.2) is 4.98 Å². The lowest BCUT2D eigenvalue weighted by Crippen LogP contribution is -2.52. The molecule has 1 atom stereocenters. The summed E-state index contributed by atoms with van der Waals surface area (Å²) < 4.78 is 5.93. The Labute approximate surface area is 135 Å². The molecule has 1 unspecified atom stereocenters. The first kappa shape index (κ1) is 14.1. The van der Waals surface area contributed by atoms with Gasteiger partial charge in [-0.3, -0.25) is 4.79 Å². The van der Waals surface area contributed by atoms with Gasteiger partial charge in [0, 0.05) is 45.0 Å². The van der Waals surface area contributed by atoms with E-state index in [4.69, 9.17) is 4.74 Å². The lowest BCUT2D eigenvalue weighted by molar-refractivity contribution is -0.138. The molecule has 1 saturated heterocycles. The Morgan fingerprint density at radius 2 is 2.13 bits per heavy atom. The zero-order chi connectivity index (χ0) is 15.8. The van der Waals surface area contributed by atoms with Crippen molar-refractivity contribution in [2.24, 2.45) is 0 Å². The molecule has 0 radical (unpaired) electrons. The molecule has 0 saturated carbocycles. The van der Waals surface area contributed by atoms with Crippen LogP contribution in [0.1, 0.15) is 11.1 Å². The van der Waals surface area contributed by atoms with E-state index in [0.717, 1.165) is 35.9 Å².